The zero-order valence-electron chi connectivity index (χ0n) is 12.9. The Hall–Kier alpha value is -1.02. The largest absolute Gasteiger partial charge is 0.494 e. The van der Waals surface area contributed by atoms with Gasteiger partial charge in [-0.3, -0.25) is 0 Å². The molecule has 0 aromatic heterocycles. The van der Waals surface area contributed by atoms with Gasteiger partial charge in [-0.1, -0.05) is 12.1 Å². The zero-order chi connectivity index (χ0) is 14.4. The van der Waals surface area contributed by atoms with Crippen molar-refractivity contribution in [1.82, 2.24) is 0 Å². The Labute approximate surface area is 127 Å². The van der Waals surface area contributed by atoms with E-state index in [-0.39, 0.29) is 6.10 Å². The van der Waals surface area contributed by atoms with E-state index in [4.69, 9.17) is 4.74 Å². The summed E-state index contributed by atoms with van der Waals surface area (Å²) < 4.78 is 5.59. The molecule has 1 unspecified atom stereocenters. The second-order valence-electron chi connectivity index (χ2n) is 7.46. The lowest BCUT2D eigenvalue weighted by Gasteiger charge is -2.55. The lowest BCUT2D eigenvalue weighted by atomic mass is 9.50. The summed E-state index contributed by atoms with van der Waals surface area (Å²) in [5.74, 6) is 4.81. The lowest BCUT2D eigenvalue weighted by Crippen LogP contribution is -2.47. The minimum atomic E-state index is -0.305. The van der Waals surface area contributed by atoms with Crippen molar-refractivity contribution in [1.29, 1.82) is 0 Å². The molecule has 4 aliphatic rings. The molecule has 4 bridgehead atoms. The molecular formula is C19H26O2. The minimum absolute atomic E-state index is 0.305. The fraction of sp³-hybridized carbons (Fsp3) is 0.684. The van der Waals surface area contributed by atoms with Crippen LogP contribution in [0.1, 0.15) is 50.7 Å². The van der Waals surface area contributed by atoms with E-state index in [0.717, 1.165) is 35.0 Å². The molecule has 0 heterocycles. The monoisotopic (exact) mass is 286 g/mol. The van der Waals surface area contributed by atoms with Crippen molar-refractivity contribution in [2.45, 2.75) is 45.1 Å². The number of rotatable bonds is 4. The fourth-order valence-corrected chi connectivity index (χ4v) is 5.66. The average Bonchev–Trinajstić information content (AvgIpc) is 2.46. The third-order valence-corrected chi connectivity index (χ3v) is 6.17. The van der Waals surface area contributed by atoms with Crippen LogP contribution < -0.4 is 4.74 Å². The molecule has 2 nitrogen and oxygen atoms in total. The molecule has 21 heavy (non-hydrogen) atoms. The SMILES string of the molecule is CCOc1cccc(C(O)C2C3CC4CC(C3)CC2C4)c1. The smallest absolute Gasteiger partial charge is 0.119 e. The van der Waals surface area contributed by atoms with Crippen molar-refractivity contribution in [2.24, 2.45) is 29.6 Å². The van der Waals surface area contributed by atoms with Crippen LogP contribution in [0.3, 0.4) is 0 Å². The summed E-state index contributed by atoms with van der Waals surface area (Å²) >= 11 is 0. The zero-order valence-corrected chi connectivity index (χ0v) is 12.9. The number of hydrogen-bond acceptors (Lipinski definition) is 2. The van der Waals surface area contributed by atoms with Crippen LogP contribution in [0.2, 0.25) is 0 Å². The van der Waals surface area contributed by atoms with Gasteiger partial charge in [-0.2, -0.15) is 0 Å². The van der Waals surface area contributed by atoms with Crippen molar-refractivity contribution in [2.75, 3.05) is 6.61 Å². The summed E-state index contributed by atoms with van der Waals surface area (Å²) in [5, 5.41) is 11.0. The van der Waals surface area contributed by atoms with Crippen molar-refractivity contribution in [3.8, 4) is 5.75 Å². The Bertz CT molecular complexity index is 482. The Kier molecular flexibility index (Phi) is 3.45. The highest BCUT2D eigenvalue weighted by Crippen LogP contribution is 2.59. The molecule has 1 N–H and O–H groups in total. The van der Waals surface area contributed by atoms with Crippen LogP contribution in [0.15, 0.2) is 24.3 Å². The molecule has 0 aliphatic heterocycles. The van der Waals surface area contributed by atoms with Crippen molar-refractivity contribution in [3.05, 3.63) is 29.8 Å². The van der Waals surface area contributed by atoms with Gasteiger partial charge < -0.3 is 9.84 Å². The summed E-state index contributed by atoms with van der Waals surface area (Å²) in [5.41, 5.74) is 1.05. The van der Waals surface area contributed by atoms with E-state index in [0.29, 0.717) is 12.5 Å². The van der Waals surface area contributed by atoms with E-state index in [1.165, 1.54) is 32.1 Å². The Morgan fingerprint density at radius 3 is 2.38 bits per heavy atom. The van der Waals surface area contributed by atoms with Crippen LogP contribution in [-0.4, -0.2) is 11.7 Å². The van der Waals surface area contributed by atoms with E-state index in [1.54, 1.807) is 0 Å². The first-order valence-corrected chi connectivity index (χ1v) is 8.65. The molecule has 114 valence electrons. The summed E-state index contributed by atoms with van der Waals surface area (Å²) in [6.07, 6.45) is 6.61. The molecule has 4 aliphatic carbocycles. The normalized spacial score (nSPS) is 38.5. The molecule has 4 fully saturated rings. The number of hydrogen-bond donors (Lipinski definition) is 1. The van der Waals surface area contributed by atoms with E-state index in [1.807, 2.05) is 25.1 Å². The van der Waals surface area contributed by atoms with E-state index >= 15 is 0 Å². The second kappa shape index (κ2) is 5.31. The van der Waals surface area contributed by atoms with Crippen LogP contribution in [0, 0.1) is 29.6 Å². The molecule has 0 amide bonds. The van der Waals surface area contributed by atoms with Crippen LogP contribution in [0.25, 0.3) is 0 Å². The molecule has 0 radical (unpaired) electrons. The third-order valence-electron chi connectivity index (χ3n) is 6.17. The molecule has 1 aromatic rings. The molecule has 5 rings (SSSR count). The molecule has 4 saturated carbocycles. The van der Waals surface area contributed by atoms with Crippen LogP contribution >= 0.6 is 0 Å². The summed E-state index contributed by atoms with van der Waals surface area (Å²) in [6, 6.07) is 8.10. The molecular weight excluding hydrogens is 260 g/mol. The predicted molar refractivity (Wildman–Crippen MR) is 83.1 cm³/mol. The fourth-order valence-electron chi connectivity index (χ4n) is 5.66. The number of aliphatic hydroxyl groups is 1. The summed E-state index contributed by atoms with van der Waals surface area (Å²) in [4.78, 5) is 0. The molecule has 2 heteroatoms. The number of ether oxygens (including phenoxy) is 1. The molecule has 0 spiro atoms. The Morgan fingerprint density at radius 1 is 1.10 bits per heavy atom. The van der Waals surface area contributed by atoms with Gasteiger partial charge in [0.05, 0.1) is 12.7 Å². The van der Waals surface area contributed by atoms with E-state index in [2.05, 4.69) is 6.07 Å². The van der Waals surface area contributed by atoms with Gasteiger partial charge in [-0.15, -0.1) is 0 Å². The Balaban J connectivity index is 1.57. The standard InChI is InChI=1S/C19H26O2/c1-2-21-17-5-3-4-14(11-17)19(20)18-15-7-12-6-13(9-15)10-16(18)8-12/h3-5,11-13,15-16,18-20H,2,6-10H2,1H3. The maximum Gasteiger partial charge on any atom is 0.119 e. The van der Waals surface area contributed by atoms with Gasteiger partial charge in [0.15, 0.2) is 0 Å². The molecule has 0 saturated heterocycles. The number of benzene rings is 1. The van der Waals surface area contributed by atoms with Gasteiger partial charge in [0, 0.05) is 0 Å². The summed E-state index contributed by atoms with van der Waals surface area (Å²) in [7, 11) is 0. The van der Waals surface area contributed by atoms with Gasteiger partial charge in [-0.25, -0.2) is 0 Å². The highest BCUT2D eigenvalue weighted by atomic mass is 16.5. The van der Waals surface area contributed by atoms with Gasteiger partial charge in [0.1, 0.15) is 5.75 Å². The lowest BCUT2D eigenvalue weighted by molar-refractivity contribution is -0.0908. The van der Waals surface area contributed by atoms with E-state index in [9.17, 15) is 5.11 Å². The van der Waals surface area contributed by atoms with Crippen LogP contribution in [0.5, 0.6) is 5.75 Å². The van der Waals surface area contributed by atoms with Gasteiger partial charge >= 0.3 is 0 Å². The van der Waals surface area contributed by atoms with Gasteiger partial charge in [-0.05, 0) is 86.3 Å². The highest BCUT2D eigenvalue weighted by Gasteiger charge is 2.50. The van der Waals surface area contributed by atoms with Gasteiger partial charge in [0.2, 0.25) is 0 Å². The Morgan fingerprint density at radius 2 is 1.76 bits per heavy atom. The second-order valence-corrected chi connectivity index (χ2v) is 7.46. The number of aliphatic hydroxyl groups excluding tert-OH is 1. The first kappa shape index (κ1) is 13.6. The quantitative estimate of drug-likeness (QED) is 0.899. The topological polar surface area (TPSA) is 29.5 Å². The van der Waals surface area contributed by atoms with Crippen LogP contribution in [-0.2, 0) is 0 Å². The molecule has 1 atom stereocenters. The first-order valence-electron chi connectivity index (χ1n) is 8.65. The minimum Gasteiger partial charge on any atom is -0.494 e. The molecule has 1 aromatic carbocycles. The van der Waals surface area contributed by atoms with Crippen LogP contribution in [0.4, 0.5) is 0 Å². The summed E-state index contributed by atoms with van der Waals surface area (Å²) in [6.45, 7) is 2.68. The van der Waals surface area contributed by atoms with Crippen molar-refractivity contribution < 1.29 is 9.84 Å². The van der Waals surface area contributed by atoms with E-state index < -0.39 is 0 Å². The van der Waals surface area contributed by atoms with Gasteiger partial charge in [0.25, 0.3) is 0 Å². The van der Waals surface area contributed by atoms with Crippen molar-refractivity contribution >= 4 is 0 Å². The third kappa shape index (κ3) is 2.38. The first-order chi connectivity index (χ1) is 10.2. The maximum absolute atomic E-state index is 11.0. The highest BCUT2D eigenvalue weighted by molar-refractivity contribution is 5.30. The van der Waals surface area contributed by atoms with Crippen molar-refractivity contribution in [3.63, 3.8) is 0 Å². The maximum atomic E-state index is 11.0. The predicted octanol–water partition coefficient (Wildman–Crippen LogP) is 4.19. The average molecular weight is 286 g/mol.